The molecule has 1 unspecified atom stereocenters. The molecule has 1 aliphatic carbocycles. The van der Waals surface area contributed by atoms with Crippen LogP contribution < -0.4 is 5.32 Å². The van der Waals surface area contributed by atoms with Crippen molar-refractivity contribution in [2.75, 3.05) is 13.1 Å². The van der Waals surface area contributed by atoms with Gasteiger partial charge in [-0.05, 0) is 67.1 Å². The highest BCUT2D eigenvalue weighted by atomic mass is 32.1. The van der Waals surface area contributed by atoms with Crippen molar-refractivity contribution >= 4 is 17.2 Å². The predicted octanol–water partition coefficient (Wildman–Crippen LogP) is 2.83. The van der Waals surface area contributed by atoms with Gasteiger partial charge < -0.3 is 14.6 Å². The van der Waals surface area contributed by atoms with Crippen molar-refractivity contribution in [3.8, 4) is 0 Å². The Balaban J connectivity index is 1.59. The molecule has 2 aromatic rings. The van der Waals surface area contributed by atoms with Gasteiger partial charge in [-0.15, -0.1) is 0 Å². The molecule has 6 heteroatoms. The van der Waals surface area contributed by atoms with Crippen LogP contribution in [0, 0.1) is 12.3 Å². The van der Waals surface area contributed by atoms with Crippen molar-refractivity contribution in [1.82, 2.24) is 15.2 Å². The fraction of sp³-hybridized carbons (Fsp3) is 0.529. The number of hydrogen-bond acceptors (Lipinski definition) is 5. The Kier molecular flexibility index (Phi) is 3.73. The van der Waals surface area contributed by atoms with Gasteiger partial charge in [0.05, 0.1) is 0 Å². The first-order chi connectivity index (χ1) is 11.2. The van der Waals surface area contributed by atoms with E-state index in [2.05, 4.69) is 27.1 Å². The van der Waals surface area contributed by atoms with E-state index in [1.807, 2.05) is 4.90 Å². The van der Waals surface area contributed by atoms with Crippen LogP contribution in [0.15, 0.2) is 27.6 Å². The van der Waals surface area contributed by atoms with Gasteiger partial charge in [-0.3, -0.25) is 4.79 Å². The molecule has 4 rings (SSSR count). The zero-order valence-corrected chi connectivity index (χ0v) is 14.1. The van der Waals surface area contributed by atoms with Gasteiger partial charge in [-0.25, -0.2) is 4.98 Å². The smallest absolute Gasteiger partial charge is 0.276 e. The maximum absolute atomic E-state index is 13.1. The van der Waals surface area contributed by atoms with Gasteiger partial charge in [0.1, 0.15) is 5.76 Å². The largest absolute Gasteiger partial charge is 0.448 e. The Bertz CT molecular complexity index is 689. The first-order valence-electron chi connectivity index (χ1n) is 8.12. The second-order valence-corrected chi connectivity index (χ2v) is 7.43. The number of oxazole rings is 1. The maximum Gasteiger partial charge on any atom is 0.276 e. The van der Waals surface area contributed by atoms with Crippen molar-refractivity contribution in [2.45, 2.75) is 38.8 Å². The number of thiophene rings is 1. The first kappa shape index (κ1) is 14.9. The van der Waals surface area contributed by atoms with Crippen LogP contribution >= 0.6 is 11.3 Å². The van der Waals surface area contributed by atoms with Crippen molar-refractivity contribution in [3.05, 3.63) is 40.2 Å². The SMILES string of the molecule is Cc1ocnc1C(=O)N(Cc1ccsc1)C1CC12CCNCC2. The Morgan fingerprint density at radius 2 is 2.35 bits per heavy atom. The standard InChI is InChI=1S/C17H21N3O2S/c1-12-15(19-11-22-12)16(21)20(9-13-2-7-23-10-13)14-8-17(14)3-5-18-6-4-17/h2,7,10-11,14,18H,3-6,8-9H2,1H3. The summed E-state index contributed by atoms with van der Waals surface area (Å²) >= 11 is 1.67. The summed E-state index contributed by atoms with van der Waals surface area (Å²) in [6, 6.07) is 2.42. The van der Waals surface area contributed by atoms with Gasteiger partial charge in [-0.2, -0.15) is 11.3 Å². The van der Waals surface area contributed by atoms with E-state index in [1.54, 1.807) is 18.3 Å². The zero-order chi connectivity index (χ0) is 15.9. The Morgan fingerprint density at radius 3 is 3.00 bits per heavy atom. The van der Waals surface area contributed by atoms with Crippen molar-refractivity contribution < 1.29 is 9.21 Å². The molecule has 0 radical (unpaired) electrons. The molecule has 1 spiro atoms. The number of nitrogens with one attached hydrogen (secondary N) is 1. The van der Waals surface area contributed by atoms with E-state index < -0.39 is 0 Å². The molecule has 0 aromatic carbocycles. The zero-order valence-electron chi connectivity index (χ0n) is 13.2. The average Bonchev–Trinajstić information content (AvgIpc) is 2.97. The third-order valence-corrected chi connectivity index (χ3v) is 6.00. The number of aryl methyl sites for hydroxylation is 1. The summed E-state index contributed by atoms with van der Waals surface area (Å²) in [6.07, 6.45) is 4.78. The van der Waals surface area contributed by atoms with Gasteiger partial charge in [0.25, 0.3) is 5.91 Å². The molecule has 122 valence electrons. The van der Waals surface area contributed by atoms with E-state index in [1.165, 1.54) is 12.0 Å². The van der Waals surface area contributed by atoms with Crippen LogP contribution in [-0.4, -0.2) is 34.9 Å². The molecule has 2 fully saturated rings. The fourth-order valence-corrected chi connectivity index (χ4v) is 4.44. The Labute approximate surface area is 139 Å². The number of carbonyl (C=O) groups excluding carboxylic acids is 1. The van der Waals surface area contributed by atoms with Crippen LogP contribution in [0.3, 0.4) is 0 Å². The molecule has 1 saturated heterocycles. The molecule has 1 amide bonds. The minimum atomic E-state index is 0.00265. The summed E-state index contributed by atoms with van der Waals surface area (Å²) in [6.45, 7) is 4.57. The number of nitrogens with zero attached hydrogens (tertiary/aromatic N) is 2. The number of amides is 1. The average molecular weight is 331 g/mol. The minimum Gasteiger partial charge on any atom is -0.448 e. The summed E-state index contributed by atoms with van der Waals surface area (Å²) in [5.74, 6) is 0.605. The fourth-order valence-electron chi connectivity index (χ4n) is 3.78. The summed E-state index contributed by atoms with van der Waals surface area (Å²) in [4.78, 5) is 19.2. The van der Waals surface area contributed by atoms with E-state index >= 15 is 0 Å². The molecule has 23 heavy (non-hydrogen) atoms. The monoisotopic (exact) mass is 331 g/mol. The van der Waals surface area contributed by atoms with Crippen LogP contribution in [0.25, 0.3) is 0 Å². The number of piperidine rings is 1. The highest BCUT2D eigenvalue weighted by Crippen LogP contribution is 2.56. The van der Waals surface area contributed by atoms with Gasteiger partial charge in [0, 0.05) is 12.6 Å². The van der Waals surface area contributed by atoms with Crippen molar-refractivity contribution in [3.63, 3.8) is 0 Å². The van der Waals surface area contributed by atoms with Crippen LogP contribution in [0.4, 0.5) is 0 Å². The summed E-state index contributed by atoms with van der Waals surface area (Å²) < 4.78 is 5.24. The minimum absolute atomic E-state index is 0.00265. The van der Waals surface area contributed by atoms with Gasteiger partial charge in [0.15, 0.2) is 12.1 Å². The molecule has 2 aliphatic rings. The van der Waals surface area contributed by atoms with E-state index in [0.717, 1.165) is 32.4 Å². The van der Waals surface area contributed by atoms with Crippen molar-refractivity contribution in [1.29, 1.82) is 0 Å². The molecule has 0 bridgehead atoms. The molecule has 1 N–H and O–H groups in total. The normalized spacial score (nSPS) is 22.2. The lowest BCUT2D eigenvalue weighted by Gasteiger charge is -2.29. The van der Waals surface area contributed by atoms with Crippen LogP contribution in [0.1, 0.15) is 41.1 Å². The molecule has 2 aromatic heterocycles. The second kappa shape index (κ2) is 5.76. The number of hydrogen-bond donors (Lipinski definition) is 1. The lowest BCUT2D eigenvalue weighted by molar-refractivity contribution is 0.0685. The molecule has 5 nitrogen and oxygen atoms in total. The lowest BCUT2D eigenvalue weighted by Crippen LogP contribution is -2.39. The van der Waals surface area contributed by atoms with Gasteiger partial charge >= 0.3 is 0 Å². The van der Waals surface area contributed by atoms with E-state index in [-0.39, 0.29) is 5.91 Å². The summed E-state index contributed by atoms with van der Waals surface area (Å²) in [7, 11) is 0. The molecular formula is C17H21N3O2S. The Morgan fingerprint density at radius 1 is 1.52 bits per heavy atom. The molecule has 1 aliphatic heterocycles. The third kappa shape index (κ3) is 2.70. The maximum atomic E-state index is 13.1. The van der Waals surface area contributed by atoms with Crippen LogP contribution in [0.5, 0.6) is 0 Å². The first-order valence-corrected chi connectivity index (χ1v) is 9.07. The highest BCUT2D eigenvalue weighted by Gasteiger charge is 2.58. The molecule has 1 saturated carbocycles. The summed E-state index contributed by atoms with van der Waals surface area (Å²) in [5.41, 5.74) is 1.96. The van der Waals surface area contributed by atoms with Gasteiger partial charge in [-0.1, -0.05) is 0 Å². The third-order valence-electron chi connectivity index (χ3n) is 5.26. The number of carbonyl (C=O) groups is 1. The van der Waals surface area contributed by atoms with E-state index in [0.29, 0.717) is 29.5 Å². The van der Waals surface area contributed by atoms with Crippen molar-refractivity contribution in [2.24, 2.45) is 5.41 Å². The highest BCUT2D eigenvalue weighted by molar-refractivity contribution is 7.07. The number of rotatable bonds is 4. The number of aromatic nitrogens is 1. The Hall–Kier alpha value is -1.66. The molecule has 1 atom stereocenters. The predicted molar refractivity (Wildman–Crippen MR) is 88.4 cm³/mol. The van der Waals surface area contributed by atoms with E-state index in [4.69, 9.17) is 4.42 Å². The van der Waals surface area contributed by atoms with Crippen LogP contribution in [0.2, 0.25) is 0 Å². The quantitative estimate of drug-likeness (QED) is 0.936. The molecular weight excluding hydrogens is 310 g/mol. The lowest BCUT2D eigenvalue weighted by atomic mass is 9.93. The van der Waals surface area contributed by atoms with Gasteiger partial charge in [0.2, 0.25) is 0 Å². The topological polar surface area (TPSA) is 58.4 Å². The second-order valence-electron chi connectivity index (χ2n) is 6.65. The van der Waals surface area contributed by atoms with Crippen LogP contribution in [-0.2, 0) is 6.54 Å². The molecule has 3 heterocycles. The van der Waals surface area contributed by atoms with E-state index in [9.17, 15) is 4.79 Å². The summed E-state index contributed by atoms with van der Waals surface area (Å²) in [5, 5.41) is 7.60.